The van der Waals surface area contributed by atoms with Gasteiger partial charge in [0, 0.05) is 23.5 Å². The molecule has 2 amide bonds. The Kier molecular flexibility index (Phi) is 7.30. The Balaban J connectivity index is 2.02. The number of nitrogens with one attached hydrogen (secondary N) is 2. The number of carbonyl (C=O) groups is 2. The van der Waals surface area contributed by atoms with Gasteiger partial charge in [-0.15, -0.1) is 0 Å². The first kappa shape index (κ1) is 20.1. The molecule has 7 heteroatoms. The van der Waals surface area contributed by atoms with Crippen molar-refractivity contribution in [2.45, 2.75) is 25.9 Å². The largest absolute Gasteiger partial charge is 0.497 e. The highest BCUT2D eigenvalue weighted by molar-refractivity contribution is 6.35. The number of amides is 2. The van der Waals surface area contributed by atoms with Crippen LogP contribution in [0.25, 0.3) is 0 Å². The lowest BCUT2D eigenvalue weighted by atomic mass is 10.0. The normalized spacial score (nSPS) is 11.5. The predicted molar refractivity (Wildman–Crippen MR) is 102 cm³/mol. The van der Waals surface area contributed by atoms with Crippen molar-refractivity contribution in [3.8, 4) is 5.75 Å². The van der Waals surface area contributed by atoms with Crippen molar-refractivity contribution in [2.75, 3.05) is 7.11 Å². The SMILES string of the molecule is COc1ccc(C(CC(=O)NCc2ccc(Cl)cc2Cl)NC(C)=O)cc1. The molecule has 2 rings (SSSR count). The number of hydrogen-bond acceptors (Lipinski definition) is 3. The summed E-state index contributed by atoms with van der Waals surface area (Å²) in [6, 6.07) is 11.9. The zero-order valence-electron chi connectivity index (χ0n) is 14.5. The second-order valence-electron chi connectivity index (χ2n) is 5.74. The fourth-order valence-electron chi connectivity index (χ4n) is 2.45. The topological polar surface area (TPSA) is 67.4 Å². The van der Waals surface area contributed by atoms with Crippen LogP contribution in [0.3, 0.4) is 0 Å². The average Bonchev–Trinajstić information content (AvgIpc) is 2.60. The first-order chi connectivity index (χ1) is 12.4. The Morgan fingerprint density at radius 2 is 1.81 bits per heavy atom. The van der Waals surface area contributed by atoms with Crippen molar-refractivity contribution in [2.24, 2.45) is 0 Å². The van der Waals surface area contributed by atoms with Crippen molar-refractivity contribution >= 4 is 35.0 Å². The molecule has 0 aliphatic rings. The molecule has 0 spiro atoms. The van der Waals surface area contributed by atoms with E-state index >= 15 is 0 Å². The van der Waals surface area contributed by atoms with Gasteiger partial charge in [0.25, 0.3) is 0 Å². The summed E-state index contributed by atoms with van der Waals surface area (Å²) in [5.74, 6) is 0.294. The molecule has 2 aromatic carbocycles. The van der Waals surface area contributed by atoms with Gasteiger partial charge in [0.1, 0.15) is 5.75 Å². The molecule has 0 saturated carbocycles. The number of rotatable bonds is 7. The minimum absolute atomic E-state index is 0.108. The third-order valence-corrected chi connectivity index (χ3v) is 4.36. The minimum Gasteiger partial charge on any atom is -0.497 e. The monoisotopic (exact) mass is 394 g/mol. The average molecular weight is 395 g/mol. The van der Waals surface area contributed by atoms with Crippen molar-refractivity contribution in [1.29, 1.82) is 0 Å². The second kappa shape index (κ2) is 9.46. The van der Waals surface area contributed by atoms with E-state index in [1.165, 1.54) is 6.92 Å². The zero-order valence-corrected chi connectivity index (χ0v) is 16.0. The van der Waals surface area contributed by atoms with Gasteiger partial charge in [-0.05, 0) is 35.4 Å². The Morgan fingerprint density at radius 1 is 1.12 bits per heavy atom. The number of halogens is 2. The predicted octanol–water partition coefficient (Wildman–Crippen LogP) is 3.89. The molecule has 0 fully saturated rings. The van der Waals surface area contributed by atoms with Gasteiger partial charge in [0.05, 0.1) is 19.6 Å². The molecule has 0 aliphatic carbocycles. The molecule has 2 N–H and O–H groups in total. The van der Waals surface area contributed by atoms with Crippen LogP contribution in [0.2, 0.25) is 10.0 Å². The van der Waals surface area contributed by atoms with Gasteiger partial charge in [-0.25, -0.2) is 0 Å². The summed E-state index contributed by atoms with van der Waals surface area (Å²) in [6.07, 6.45) is 0.108. The zero-order chi connectivity index (χ0) is 19.1. The molecule has 1 unspecified atom stereocenters. The second-order valence-corrected chi connectivity index (χ2v) is 6.59. The van der Waals surface area contributed by atoms with E-state index in [4.69, 9.17) is 27.9 Å². The summed E-state index contributed by atoms with van der Waals surface area (Å²) < 4.78 is 5.13. The Labute approximate surface area is 162 Å². The molecule has 0 aromatic heterocycles. The number of ether oxygens (including phenoxy) is 1. The van der Waals surface area contributed by atoms with Crippen LogP contribution in [-0.2, 0) is 16.1 Å². The number of hydrogen-bond donors (Lipinski definition) is 2. The Bertz CT molecular complexity index is 779. The van der Waals surface area contributed by atoms with E-state index in [1.54, 1.807) is 37.4 Å². The van der Waals surface area contributed by atoms with E-state index in [1.807, 2.05) is 12.1 Å². The maximum atomic E-state index is 12.3. The molecular weight excluding hydrogens is 375 g/mol. The van der Waals surface area contributed by atoms with Crippen LogP contribution in [0.4, 0.5) is 0 Å². The van der Waals surface area contributed by atoms with Gasteiger partial charge >= 0.3 is 0 Å². The van der Waals surface area contributed by atoms with Gasteiger partial charge < -0.3 is 15.4 Å². The van der Waals surface area contributed by atoms with Crippen molar-refractivity contribution in [3.63, 3.8) is 0 Å². The van der Waals surface area contributed by atoms with E-state index in [-0.39, 0.29) is 24.8 Å². The summed E-state index contributed by atoms with van der Waals surface area (Å²) in [4.78, 5) is 23.8. The van der Waals surface area contributed by atoms with Crippen molar-refractivity contribution in [3.05, 3.63) is 63.6 Å². The smallest absolute Gasteiger partial charge is 0.222 e. The molecular formula is C19H20Cl2N2O3. The molecule has 138 valence electrons. The number of carbonyl (C=O) groups excluding carboxylic acids is 2. The molecule has 0 radical (unpaired) electrons. The van der Waals surface area contributed by atoms with Gasteiger partial charge in [-0.3, -0.25) is 9.59 Å². The third kappa shape index (κ3) is 5.93. The standard InChI is InChI=1S/C19H20Cl2N2O3/c1-12(24)23-18(13-4-7-16(26-2)8-5-13)10-19(25)22-11-14-3-6-15(20)9-17(14)21/h3-9,18H,10-11H2,1-2H3,(H,22,25)(H,23,24). The number of benzene rings is 2. The number of methoxy groups -OCH3 is 1. The van der Waals surface area contributed by atoms with Crippen LogP contribution in [0, 0.1) is 0 Å². The molecule has 2 aromatic rings. The summed E-state index contributed by atoms with van der Waals surface area (Å²) in [7, 11) is 1.58. The van der Waals surface area contributed by atoms with Crippen LogP contribution < -0.4 is 15.4 Å². The minimum atomic E-state index is -0.431. The lowest BCUT2D eigenvalue weighted by Gasteiger charge is -2.18. The summed E-state index contributed by atoms with van der Waals surface area (Å²) >= 11 is 12.0. The van der Waals surface area contributed by atoms with E-state index in [2.05, 4.69) is 10.6 Å². The first-order valence-electron chi connectivity index (χ1n) is 8.00. The quantitative estimate of drug-likeness (QED) is 0.748. The van der Waals surface area contributed by atoms with Gasteiger partial charge in [0.2, 0.25) is 11.8 Å². The highest BCUT2D eigenvalue weighted by Crippen LogP contribution is 2.22. The third-order valence-electron chi connectivity index (χ3n) is 3.78. The molecule has 26 heavy (non-hydrogen) atoms. The fraction of sp³-hybridized carbons (Fsp3) is 0.263. The maximum absolute atomic E-state index is 12.3. The lowest BCUT2D eigenvalue weighted by molar-refractivity contribution is -0.122. The Hall–Kier alpha value is -2.24. The Morgan fingerprint density at radius 3 is 2.38 bits per heavy atom. The van der Waals surface area contributed by atoms with E-state index in [9.17, 15) is 9.59 Å². The summed E-state index contributed by atoms with van der Waals surface area (Å²) in [6.45, 7) is 1.70. The summed E-state index contributed by atoms with van der Waals surface area (Å²) in [5, 5.41) is 6.64. The van der Waals surface area contributed by atoms with E-state index in [0.717, 1.165) is 11.1 Å². The van der Waals surface area contributed by atoms with Crippen LogP contribution in [0.5, 0.6) is 5.75 Å². The van der Waals surface area contributed by atoms with Crippen LogP contribution in [0.15, 0.2) is 42.5 Å². The lowest BCUT2D eigenvalue weighted by Crippen LogP contribution is -2.32. The molecule has 0 saturated heterocycles. The van der Waals surface area contributed by atoms with Gasteiger partial charge in [-0.2, -0.15) is 0 Å². The highest BCUT2D eigenvalue weighted by atomic mass is 35.5. The molecule has 0 bridgehead atoms. The summed E-state index contributed by atoms with van der Waals surface area (Å²) in [5.41, 5.74) is 1.59. The van der Waals surface area contributed by atoms with E-state index < -0.39 is 6.04 Å². The maximum Gasteiger partial charge on any atom is 0.222 e. The fourth-order valence-corrected chi connectivity index (χ4v) is 2.93. The van der Waals surface area contributed by atoms with Crippen molar-refractivity contribution < 1.29 is 14.3 Å². The molecule has 1 atom stereocenters. The van der Waals surface area contributed by atoms with Gasteiger partial charge in [-0.1, -0.05) is 41.4 Å². The van der Waals surface area contributed by atoms with E-state index in [0.29, 0.717) is 15.8 Å². The van der Waals surface area contributed by atoms with Crippen LogP contribution in [-0.4, -0.2) is 18.9 Å². The molecule has 0 aliphatic heterocycles. The van der Waals surface area contributed by atoms with Crippen LogP contribution in [0.1, 0.15) is 30.5 Å². The van der Waals surface area contributed by atoms with Crippen molar-refractivity contribution in [1.82, 2.24) is 10.6 Å². The highest BCUT2D eigenvalue weighted by Gasteiger charge is 2.17. The van der Waals surface area contributed by atoms with Crippen LogP contribution >= 0.6 is 23.2 Å². The molecule has 0 heterocycles. The van der Waals surface area contributed by atoms with Gasteiger partial charge in [0.15, 0.2) is 0 Å². The first-order valence-corrected chi connectivity index (χ1v) is 8.76. The molecule has 5 nitrogen and oxygen atoms in total.